The molecule has 4 rings (SSSR count). The Morgan fingerprint density at radius 1 is 0.939 bits per heavy atom. The molecule has 0 saturated carbocycles. The van der Waals surface area contributed by atoms with E-state index in [9.17, 15) is 9.59 Å². The van der Waals surface area contributed by atoms with Gasteiger partial charge in [0.25, 0.3) is 5.91 Å². The van der Waals surface area contributed by atoms with Crippen LogP contribution < -0.4 is 10.1 Å². The van der Waals surface area contributed by atoms with Gasteiger partial charge in [0.15, 0.2) is 0 Å². The summed E-state index contributed by atoms with van der Waals surface area (Å²) in [6.45, 7) is 1.02. The third-order valence-corrected chi connectivity index (χ3v) is 6.33. The molecule has 0 unspecified atom stereocenters. The highest BCUT2D eigenvalue weighted by atomic mass is 35.5. The van der Waals surface area contributed by atoms with Crippen LogP contribution >= 0.6 is 11.6 Å². The number of halogens is 1. The maximum Gasteiger partial charge on any atom is 0.257 e. The second-order valence-corrected chi connectivity index (χ2v) is 8.61. The first-order valence-electron chi connectivity index (χ1n) is 11.1. The Kier molecular flexibility index (Phi) is 7.30. The smallest absolute Gasteiger partial charge is 0.257 e. The summed E-state index contributed by atoms with van der Waals surface area (Å²) in [5.74, 6) is 0.239. The molecule has 0 aromatic heterocycles. The van der Waals surface area contributed by atoms with E-state index >= 15 is 0 Å². The number of nitrogens with one attached hydrogen (secondary N) is 1. The monoisotopic (exact) mass is 462 g/mol. The Morgan fingerprint density at radius 3 is 2.06 bits per heavy atom. The predicted molar refractivity (Wildman–Crippen MR) is 130 cm³/mol. The predicted octanol–water partition coefficient (Wildman–Crippen LogP) is 5.11. The van der Waals surface area contributed by atoms with Crippen LogP contribution in [0.5, 0.6) is 5.75 Å². The average molecular weight is 463 g/mol. The van der Waals surface area contributed by atoms with Crippen LogP contribution in [0.25, 0.3) is 0 Å². The molecule has 6 heteroatoms. The maximum absolute atomic E-state index is 13.2. The van der Waals surface area contributed by atoms with Crippen LogP contribution in [-0.4, -0.2) is 36.9 Å². The van der Waals surface area contributed by atoms with Gasteiger partial charge in [0, 0.05) is 24.0 Å². The van der Waals surface area contributed by atoms with Crippen LogP contribution in [0.2, 0.25) is 5.02 Å². The highest BCUT2D eigenvalue weighted by Gasteiger charge is 2.30. The van der Waals surface area contributed by atoms with E-state index in [0.29, 0.717) is 42.3 Å². The van der Waals surface area contributed by atoms with E-state index in [4.69, 9.17) is 16.3 Å². The number of likely N-dealkylation sites (tertiary alicyclic amines) is 1. The molecule has 1 aliphatic heterocycles. The van der Waals surface area contributed by atoms with Crippen LogP contribution in [0.3, 0.4) is 0 Å². The van der Waals surface area contributed by atoms with Crippen molar-refractivity contribution in [3.8, 4) is 5.75 Å². The van der Waals surface area contributed by atoms with Gasteiger partial charge in [-0.2, -0.15) is 0 Å². The van der Waals surface area contributed by atoms with E-state index in [1.807, 2.05) is 60.7 Å². The number of rotatable bonds is 6. The molecule has 1 heterocycles. The summed E-state index contributed by atoms with van der Waals surface area (Å²) in [5, 5.41) is 3.73. The summed E-state index contributed by atoms with van der Waals surface area (Å²) < 4.78 is 5.33. The lowest BCUT2D eigenvalue weighted by Gasteiger charge is -2.32. The van der Waals surface area contributed by atoms with Gasteiger partial charge >= 0.3 is 0 Å². The van der Waals surface area contributed by atoms with Gasteiger partial charge in [0.2, 0.25) is 5.91 Å². The Hall–Kier alpha value is -3.31. The first-order valence-corrected chi connectivity index (χ1v) is 11.5. The largest absolute Gasteiger partial charge is 0.496 e. The number of carbonyl (C=O) groups excluding carboxylic acids is 2. The number of carbonyl (C=O) groups is 2. The van der Waals surface area contributed by atoms with Crippen molar-refractivity contribution in [1.82, 2.24) is 10.2 Å². The van der Waals surface area contributed by atoms with Crippen LogP contribution in [0, 0.1) is 5.92 Å². The van der Waals surface area contributed by atoms with Crippen molar-refractivity contribution in [1.29, 1.82) is 0 Å². The van der Waals surface area contributed by atoms with Gasteiger partial charge in [0.05, 0.1) is 18.7 Å². The third kappa shape index (κ3) is 5.37. The highest BCUT2D eigenvalue weighted by Crippen LogP contribution is 2.28. The number of nitrogens with zero attached hydrogens (tertiary/aromatic N) is 1. The molecule has 1 N–H and O–H groups in total. The third-order valence-electron chi connectivity index (χ3n) is 6.10. The van der Waals surface area contributed by atoms with Crippen LogP contribution in [0.15, 0.2) is 78.9 Å². The zero-order valence-electron chi connectivity index (χ0n) is 18.5. The minimum Gasteiger partial charge on any atom is -0.496 e. The number of hydrogen-bond donors (Lipinski definition) is 1. The summed E-state index contributed by atoms with van der Waals surface area (Å²) in [6, 6.07) is 24.8. The first kappa shape index (κ1) is 22.9. The van der Waals surface area contributed by atoms with Crippen molar-refractivity contribution >= 4 is 23.4 Å². The van der Waals surface area contributed by atoms with Crippen molar-refractivity contribution in [2.24, 2.45) is 5.92 Å². The van der Waals surface area contributed by atoms with Gasteiger partial charge in [-0.25, -0.2) is 0 Å². The lowest BCUT2D eigenvalue weighted by molar-refractivity contribution is -0.126. The summed E-state index contributed by atoms with van der Waals surface area (Å²) in [5.41, 5.74) is 2.52. The number of benzene rings is 3. The molecule has 170 valence electrons. The van der Waals surface area contributed by atoms with Gasteiger partial charge in [-0.15, -0.1) is 0 Å². The fourth-order valence-electron chi connectivity index (χ4n) is 4.27. The Bertz CT molecular complexity index is 1060. The van der Waals surface area contributed by atoms with E-state index < -0.39 is 0 Å². The molecule has 3 aromatic rings. The average Bonchev–Trinajstić information content (AvgIpc) is 2.87. The minimum absolute atomic E-state index is 0.0140. The number of ether oxygens (including phenoxy) is 1. The molecule has 3 aromatic carbocycles. The van der Waals surface area contributed by atoms with Gasteiger partial charge in [-0.1, -0.05) is 72.3 Å². The number of hydrogen-bond acceptors (Lipinski definition) is 3. The summed E-state index contributed by atoms with van der Waals surface area (Å²) >= 11 is 6.09. The van der Waals surface area contributed by atoms with Crippen LogP contribution in [0.4, 0.5) is 0 Å². The first-order chi connectivity index (χ1) is 16.1. The molecule has 1 saturated heterocycles. The van der Waals surface area contributed by atoms with E-state index in [0.717, 1.165) is 11.1 Å². The number of methoxy groups -OCH3 is 1. The van der Waals surface area contributed by atoms with Crippen LogP contribution in [-0.2, 0) is 4.79 Å². The standard InChI is InChI=1S/C27H27ClN2O3/c1-33-24-13-12-22(28)18-23(24)27(32)30-16-14-21(15-17-30)26(31)29-25(19-8-4-2-5-9-19)20-10-6-3-7-11-20/h2-13,18,21,25H,14-17H2,1H3,(H,29,31). The van der Waals surface area contributed by atoms with Gasteiger partial charge in [-0.05, 0) is 42.2 Å². The lowest BCUT2D eigenvalue weighted by atomic mass is 9.93. The number of amides is 2. The highest BCUT2D eigenvalue weighted by molar-refractivity contribution is 6.31. The zero-order chi connectivity index (χ0) is 23.2. The summed E-state index contributed by atoms with van der Waals surface area (Å²) in [6.07, 6.45) is 1.22. The van der Waals surface area contributed by atoms with Crippen molar-refractivity contribution in [3.63, 3.8) is 0 Å². The van der Waals surface area contributed by atoms with E-state index in [1.165, 1.54) is 7.11 Å². The quantitative estimate of drug-likeness (QED) is 0.554. The Balaban J connectivity index is 1.43. The van der Waals surface area contributed by atoms with Crippen molar-refractivity contribution < 1.29 is 14.3 Å². The van der Waals surface area contributed by atoms with E-state index in [2.05, 4.69) is 5.32 Å². The van der Waals surface area contributed by atoms with E-state index in [-0.39, 0.29) is 23.8 Å². The minimum atomic E-state index is -0.213. The molecule has 5 nitrogen and oxygen atoms in total. The fourth-order valence-corrected chi connectivity index (χ4v) is 4.44. The number of piperidine rings is 1. The molecular formula is C27H27ClN2O3. The Morgan fingerprint density at radius 2 is 1.52 bits per heavy atom. The zero-order valence-corrected chi connectivity index (χ0v) is 19.3. The second-order valence-electron chi connectivity index (χ2n) is 8.17. The normalized spacial score (nSPS) is 14.2. The molecule has 1 aliphatic rings. The molecule has 0 aliphatic carbocycles. The lowest BCUT2D eigenvalue weighted by Crippen LogP contribution is -2.44. The SMILES string of the molecule is COc1ccc(Cl)cc1C(=O)N1CCC(C(=O)NC(c2ccccc2)c2ccccc2)CC1. The van der Waals surface area contributed by atoms with Gasteiger partial charge in [0.1, 0.15) is 5.75 Å². The van der Waals surface area contributed by atoms with Crippen molar-refractivity contribution in [2.75, 3.05) is 20.2 Å². The molecule has 0 radical (unpaired) electrons. The van der Waals surface area contributed by atoms with Crippen LogP contribution in [0.1, 0.15) is 40.4 Å². The molecule has 33 heavy (non-hydrogen) atoms. The molecule has 2 amide bonds. The maximum atomic E-state index is 13.2. The van der Waals surface area contributed by atoms with Gasteiger partial charge in [-0.3, -0.25) is 9.59 Å². The summed E-state index contributed by atoms with van der Waals surface area (Å²) in [4.78, 5) is 28.0. The van der Waals surface area contributed by atoms with E-state index in [1.54, 1.807) is 23.1 Å². The molecular weight excluding hydrogens is 436 g/mol. The Labute approximate surface area is 199 Å². The van der Waals surface area contributed by atoms with Crippen molar-refractivity contribution in [2.45, 2.75) is 18.9 Å². The summed E-state index contributed by atoms with van der Waals surface area (Å²) in [7, 11) is 1.53. The molecule has 0 spiro atoms. The van der Waals surface area contributed by atoms with Gasteiger partial charge < -0.3 is 15.0 Å². The van der Waals surface area contributed by atoms with Crippen molar-refractivity contribution in [3.05, 3.63) is 101 Å². The second kappa shape index (κ2) is 10.5. The molecule has 0 atom stereocenters. The molecule has 1 fully saturated rings. The fraction of sp³-hybridized carbons (Fsp3) is 0.259. The topological polar surface area (TPSA) is 58.6 Å². The molecule has 0 bridgehead atoms.